The molecule has 1 aromatic heterocycles. The fraction of sp³-hybridized carbons (Fsp3) is 0.448. The Bertz CT molecular complexity index is 1200. The number of ether oxygens (including phenoxy) is 1. The quantitative estimate of drug-likeness (QED) is 0.317. The highest BCUT2D eigenvalue weighted by Gasteiger charge is 2.42. The number of carbonyl (C=O) groups excluding carboxylic acids is 1. The van der Waals surface area contributed by atoms with Gasteiger partial charge in [-0.1, -0.05) is 57.9 Å². The van der Waals surface area contributed by atoms with Gasteiger partial charge in [-0.15, -0.1) is 0 Å². The second kappa shape index (κ2) is 11.5. The zero-order valence-electron chi connectivity index (χ0n) is 21.1. The zero-order valence-corrected chi connectivity index (χ0v) is 21.1. The van der Waals surface area contributed by atoms with E-state index in [9.17, 15) is 9.59 Å². The van der Waals surface area contributed by atoms with Crippen LogP contribution in [-0.4, -0.2) is 48.5 Å². The molecule has 0 radical (unpaired) electrons. The summed E-state index contributed by atoms with van der Waals surface area (Å²) in [4.78, 5) is 31.2. The average molecular weight is 477 g/mol. The highest BCUT2D eigenvalue weighted by atomic mass is 16.5. The van der Waals surface area contributed by atoms with E-state index in [1.807, 2.05) is 36.4 Å². The summed E-state index contributed by atoms with van der Waals surface area (Å²) in [5, 5.41) is 0.505. The number of benzene rings is 2. The zero-order chi connectivity index (χ0) is 24.8. The first kappa shape index (κ1) is 25.0. The van der Waals surface area contributed by atoms with Crippen LogP contribution in [0.5, 0.6) is 5.75 Å². The molecule has 0 spiro atoms. The Labute approximate surface area is 207 Å². The maximum Gasteiger partial charge on any atom is 0.290 e. The van der Waals surface area contributed by atoms with Crippen molar-refractivity contribution in [2.75, 3.05) is 32.8 Å². The lowest BCUT2D eigenvalue weighted by Crippen LogP contribution is -2.33. The molecule has 1 unspecified atom stereocenters. The number of fused-ring (bicyclic) bond motifs is 2. The molecule has 6 nitrogen and oxygen atoms in total. The van der Waals surface area contributed by atoms with E-state index in [4.69, 9.17) is 9.15 Å². The highest BCUT2D eigenvalue weighted by molar-refractivity contribution is 5.99. The van der Waals surface area contributed by atoms with Crippen molar-refractivity contribution in [3.63, 3.8) is 0 Å². The van der Waals surface area contributed by atoms with Crippen molar-refractivity contribution in [2.24, 2.45) is 0 Å². The van der Waals surface area contributed by atoms with Gasteiger partial charge in [0.25, 0.3) is 5.91 Å². The van der Waals surface area contributed by atoms with Crippen LogP contribution in [-0.2, 0) is 0 Å². The van der Waals surface area contributed by atoms with Crippen LogP contribution in [0.1, 0.15) is 74.2 Å². The molecule has 0 fully saturated rings. The first-order chi connectivity index (χ1) is 17.1. The topological polar surface area (TPSA) is 63.0 Å². The molecule has 1 aliphatic heterocycles. The maximum absolute atomic E-state index is 13.6. The minimum Gasteiger partial charge on any atom is -0.494 e. The highest BCUT2D eigenvalue weighted by Crippen LogP contribution is 2.38. The lowest BCUT2D eigenvalue weighted by Gasteiger charge is -2.26. The first-order valence-corrected chi connectivity index (χ1v) is 12.9. The molecule has 1 aliphatic rings. The number of hydrogen-bond donors (Lipinski definition) is 0. The van der Waals surface area contributed by atoms with Crippen LogP contribution in [0, 0.1) is 0 Å². The molecule has 3 aromatic rings. The molecule has 35 heavy (non-hydrogen) atoms. The van der Waals surface area contributed by atoms with Gasteiger partial charge in [0.1, 0.15) is 11.3 Å². The predicted octanol–water partition coefficient (Wildman–Crippen LogP) is 5.64. The predicted molar refractivity (Wildman–Crippen MR) is 139 cm³/mol. The van der Waals surface area contributed by atoms with Crippen molar-refractivity contribution >= 4 is 16.9 Å². The van der Waals surface area contributed by atoms with E-state index in [-0.39, 0.29) is 17.1 Å². The molecular formula is C29H36N2O4. The molecular weight excluding hydrogens is 440 g/mol. The molecule has 0 saturated carbocycles. The molecule has 0 bridgehead atoms. The average Bonchev–Trinajstić information content (AvgIpc) is 3.16. The molecule has 1 atom stereocenters. The number of nitrogens with zero attached hydrogens (tertiary/aromatic N) is 2. The Morgan fingerprint density at radius 1 is 0.943 bits per heavy atom. The minimum absolute atomic E-state index is 0.133. The van der Waals surface area contributed by atoms with Crippen molar-refractivity contribution in [1.29, 1.82) is 0 Å². The molecule has 186 valence electrons. The summed E-state index contributed by atoms with van der Waals surface area (Å²) in [5.41, 5.74) is 1.65. The largest absolute Gasteiger partial charge is 0.494 e. The second-order valence-corrected chi connectivity index (χ2v) is 9.08. The van der Waals surface area contributed by atoms with Crippen LogP contribution in [0.2, 0.25) is 0 Å². The van der Waals surface area contributed by atoms with Crippen LogP contribution in [0.25, 0.3) is 11.0 Å². The van der Waals surface area contributed by atoms with Gasteiger partial charge in [0, 0.05) is 6.54 Å². The molecule has 0 aliphatic carbocycles. The van der Waals surface area contributed by atoms with Gasteiger partial charge in [-0.05, 0) is 62.3 Å². The molecule has 2 heterocycles. The van der Waals surface area contributed by atoms with Crippen molar-refractivity contribution < 1.29 is 13.9 Å². The fourth-order valence-electron chi connectivity index (χ4n) is 4.84. The number of para-hydroxylation sites is 1. The Balaban J connectivity index is 1.66. The summed E-state index contributed by atoms with van der Waals surface area (Å²) in [6, 6.07) is 14.5. The van der Waals surface area contributed by atoms with Crippen LogP contribution in [0.4, 0.5) is 0 Å². The number of amides is 1. The van der Waals surface area contributed by atoms with E-state index in [0.29, 0.717) is 29.7 Å². The van der Waals surface area contributed by atoms with Gasteiger partial charge in [-0.3, -0.25) is 9.59 Å². The van der Waals surface area contributed by atoms with Gasteiger partial charge in [0.05, 0.1) is 23.6 Å². The maximum atomic E-state index is 13.6. The number of rotatable bonds is 12. The van der Waals surface area contributed by atoms with E-state index in [1.54, 1.807) is 17.0 Å². The summed E-state index contributed by atoms with van der Waals surface area (Å²) >= 11 is 0. The third-order valence-electron chi connectivity index (χ3n) is 6.85. The van der Waals surface area contributed by atoms with Gasteiger partial charge in [-0.25, -0.2) is 0 Å². The monoisotopic (exact) mass is 476 g/mol. The summed E-state index contributed by atoms with van der Waals surface area (Å²) in [5.74, 6) is 0.752. The van der Waals surface area contributed by atoms with Gasteiger partial charge >= 0.3 is 0 Å². The first-order valence-electron chi connectivity index (χ1n) is 12.9. The Hall–Kier alpha value is -3.12. The van der Waals surface area contributed by atoms with Crippen LogP contribution >= 0.6 is 0 Å². The molecule has 2 aromatic carbocycles. The Morgan fingerprint density at radius 2 is 1.69 bits per heavy atom. The molecule has 1 amide bonds. The third kappa shape index (κ3) is 5.27. The van der Waals surface area contributed by atoms with Gasteiger partial charge in [-0.2, -0.15) is 0 Å². The van der Waals surface area contributed by atoms with E-state index < -0.39 is 6.04 Å². The van der Waals surface area contributed by atoms with Crippen molar-refractivity contribution in [3.05, 3.63) is 75.6 Å². The molecule has 0 saturated heterocycles. The van der Waals surface area contributed by atoms with E-state index in [0.717, 1.165) is 56.6 Å². The Kier molecular flexibility index (Phi) is 8.24. The fourth-order valence-corrected chi connectivity index (χ4v) is 4.84. The minimum atomic E-state index is -0.468. The summed E-state index contributed by atoms with van der Waals surface area (Å²) in [6.45, 7) is 10.5. The standard InChI is InChI=1S/C29H36N2O4/c1-4-7-10-20-34-22-16-14-21(15-17-22)26-25-27(32)23-12-8-9-13-24(23)35-28(25)29(33)31(26)19-11-18-30(5-2)6-3/h8-9,12-17,26H,4-7,10-11,18-20H2,1-3H3. The van der Waals surface area contributed by atoms with Crippen LogP contribution in [0.15, 0.2) is 57.7 Å². The van der Waals surface area contributed by atoms with E-state index >= 15 is 0 Å². The lowest BCUT2D eigenvalue weighted by atomic mass is 9.98. The number of carbonyl (C=O) groups is 1. The second-order valence-electron chi connectivity index (χ2n) is 9.08. The summed E-state index contributed by atoms with van der Waals surface area (Å²) in [7, 11) is 0. The Morgan fingerprint density at radius 3 is 2.40 bits per heavy atom. The van der Waals surface area contributed by atoms with Gasteiger partial charge in [0.15, 0.2) is 5.43 Å². The molecule has 6 heteroatoms. The lowest BCUT2D eigenvalue weighted by molar-refractivity contribution is 0.0720. The van der Waals surface area contributed by atoms with Crippen LogP contribution in [0.3, 0.4) is 0 Å². The van der Waals surface area contributed by atoms with Gasteiger partial charge in [0.2, 0.25) is 5.76 Å². The van der Waals surface area contributed by atoms with Crippen molar-refractivity contribution in [1.82, 2.24) is 9.80 Å². The SMILES string of the molecule is CCCCCOc1ccc(C2c3c(oc4ccccc4c3=O)C(=O)N2CCCN(CC)CC)cc1. The number of hydrogen-bond acceptors (Lipinski definition) is 5. The van der Waals surface area contributed by atoms with E-state index in [1.165, 1.54) is 0 Å². The van der Waals surface area contributed by atoms with Crippen molar-refractivity contribution in [2.45, 2.75) is 52.5 Å². The summed E-state index contributed by atoms with van der Waals surface area (Å²) < 4.78 is 11.9. The summed E-state index contributed by atoms with van der Waals surface area (Å²) in [6.07, 6.45) is 4.14. The smallest absolute Gasteiger partial charge is 0.290 e. The molecule has 0 N–H and O–H groups in total. The van der Waals surface area contributed by atoms with Crippen molar-refractivity contribution in [3.8, 4) is 5.75 Å². The molecule has 4 rings (SSSR count). The van der Waals surface area contributed by atoms with Crippen LogP contribution < -0.4 is 10.2 Å². The third-order valence-corrected chi connectivity index (χ3v) is 6.85. The van der Waals surface area contributed by atoms with Gasteiger partial charge < -0.3 is 19.0 Å². The number of unbranched alkanes of at least 4 members (excludes halogenated alkanes) is 2. The van der Waals surface area contributed by atoms with E-state index in [2.05, 4.69) is 25.7 Å². The normalized spacial score (nSPS) is 15.3.